The van der Waals surface area contributed by atoms with Crippen molar-refractivity contribution in [1.29, 1.82) is 0 Å². The van der Waals surface area contributed by atoms with Crippen molar-refractivity contribution >= 4 is 29.2 Å². The quantitative estimate of drug-likeness (QED) is 0.455. The summed E-state index contributed by atoms with van der Waals surface area (Å²) in [5.41, 5.74) is 4.73. The van der Waals surface area contributed by atoms with Crippen LogP contribution in [0.1, 0.15) is 60.0 Å². The highest BCUT2D eigenvalue weighted by molar-refractivity contribution is 6.08. The van der Waals surface area contributed by atoms with Crippen molar-refractivity contribution in [2.24, 2.45) is 5.92 Å². The first-order valence-electron chi connectivity index (χ1n) is 11.8. The normalized spacial score (nSPS) is 16.0. The number of aliphatic hydroxyl groups excluding tert-OH is 1. The van der Waals surface area contributed by atoms with Crippen LogP contribution in [0.4, 0.5) is 0 Å². The van der Waals surface area contributed by atoms with Gasteiger partial charge in [-0.3, -0.25) is 4.79 Å². The van der Waals surface area contributed by atoms with E-state index in [-0.39, 0.29) is 30.3 Å². The molecule has 1 atom stereocenters. The largest absolute Gasteiger partial charge is 0.388 e. The van der Waals surface area contributed by atoms with E-state index in [1.807, 2.05) is 39.0 Å². The van der Waals surface area contributed by atoms with Crippen molar-refractivity contribution in [2.75, 3.05) is 19.6 Å². The highest BCUT2D eigenvalue weighted by atomic mass is 35.5. The van der Waals surface area contributed by atoms with Gasteiger partial charge in [-0.15, -0.1) is 12.4 Å². The molecule has 0 radical (unpaired) electrons. The van der Waals surface area contributed by atoms with Crippen molar-refractivity contribution in [3.63, 3.8) is 0 Å². The van der Waals surface area contributed by atoms with Gasteiger partial charge in [-0.1, -0.05) is 50.2 Å². The second-order valence-electron chi connectivity index (χ2n) is 9.44. The Bertz CT molecular complexity index is 1060. The van der Waals surface area contributed by atoms with Crippen LogP contribution in [0.2, 0.25) is 0 Å². The number of nitrogens with zero attached hydrogens (tertiary/aromatic N) is 1. The molecule has 3 N–H and O–H groups in total. The molecule has 0 saturated carbocycles. The van der Waals surface area contributed by atoms with Crippen molar-refractivity contribution in [3.8, 4) is 0 Å². The maximum atomic E-state index is 13.2. The lowest BCUT2D eigenvalue weighted by Gasteiger charge is -2.32. The Morgan fingerprint density at radius 3 is 2.52 bits per heavy atom. The Kier molecular flexibility index (Phi) is 8.57. The number of likely N-dealkylation sites (tertiary alicyclic amines) is 1. The topological polar surface area (TPSA) is 68.4 Å². The number of piperidine rings is 1. The van der Waals surface area contributed by atoms with E-state index in [0.29, 0.717) is 5.56 Å². The lowest BCUT2D eigenvalue weighted by atomic mass is 9.97. The molecule has 5 nitrogen and oxygen atoms in total. The van der Waals surface area contributed by atoms with Gasteiger partial charge in [0.25, 0.3) is 5.91 Å². The molecule has 1 saturated heterocycles. The second kappa shape index (κ2) is 11.2. The van der Waals surface area contributed by atoms with Crippen LogP contribution in [0.5, 0.6) is 0 Å². The third kappa shape index (κ3) is 5.97. The van der Waals surface area contributed by atoms with Crippen LogP contribution in [0.25, 0.3) is 10.9 Å². The zero-order valence-corrected chi connectivity index (χ0v) is 20.6. The van der Waals surface area contributed by atoms with E-state index in [2.05, 4.69) is 45.5 Å². The number of carbonyl (C=O) groups is 1. The molecular weight excluding hydrogens is 434 g/mol. The van der Waals surface area contributed by atoms with Gasteiger partial charge >= 0.3 is 0 Å². The summed E-state index contributed by atoms with van der Waals surface area (Å²) in [6.45, 7) is 9.02. The molecule has 178 valence electrons. The molecule has 6 heteroatoms. The number of aromatic nitrogens is 1. The van der Waals surface area contributed by atoms with Crippen LogP contribution in [0, 0.1) is 12.8 Å². The molecule has 0 bridgehead atoms. The van der Waals surface area contributed by atoms with Crippen molar-refractivity contribution < 1.29 is 9.90 Å². The van der Waals surface area contributed by atoms with Gasteiger partial charge in [-0.2, -0.15) is 0 Å². The summed E-state index contributed by atoms with van der Waals surface area (Å²) in [4.78, 5) is 19.0. The van der Waals surface area contributed by atoms with Crippen LogP contribution in [-0.4, -0.2) is 46.6 Å². The summed E-state index contributed by atoms with van der Waals surface area (Å²) in [5.74, 6) is 0.101. The van der Waals surface area contributed by atoms with E-state index < -0.39 is 6.10 Å². The number of nitrogens with one attached hydrogen (secondary N) is 2. The zero-order valence-electron chi connectivity index (χ0n) is 19.8. The second-order valence-corrected chi connectivity index (χ2v) is 9.44. The lowest BCUT2D eigenvalue weighted by molar-refractivity contribution is 0.0912. The summed E-state index contributed by atoms with van der Waals surface area (Å²) < 4.78 is 0. The number of hydrogen-bond acceptors (Lipinski definition) is 3. The standard InChI is InChI=1S/C27H35N3O2.ClH/c1-18(2)26(31)21-9-10-24-23(17-21)25(19(3)28-24)27(32)29-22-12-15-30(16-13-22)14-11-20-7-5-4-6-8-20;/h4-10,17-18,22,26,28,31H,11-16H2,1-3H3,(H,29,32);1H. The summed E-state index contributed by atoms with van der Waals surface area (Å²) >= 11 is 0. The molecule has 3 aromatic rings. The van der Waals surface area contributed by atoms with Gasteiger partial charge in [-0.25, -0.2) is 0 Å². The first-order chi connectivity index (χ1) is 15.4. The van der Waals surface area contributed by atoms with E-state index in [1.54, 1.807) is 0 Å². The van der Waals surface area contributed by atoms with Crippen molar-refractivity contribution in [3.05, 3.63) is 70.9 Å². The van der Waals surface area contributed by atoms with E-state index >= 15 is 0 Å². The molecule has 1 aliphatic rings. The number of hydrogen-bond donors (Lipinski definition) is 3. The highest BCUT2D eigenvalue weighted by Crippen LogP contribution is 2.29. The first kappa shape index (κ1) is 25.3. The molecule has 1 amide bonds. The molecule has 1 aromatic heterocycles. The van der Waals surface area contributed by atoms with Gasteiger partial charge in [0.1, 0.15) is 0 Å². The minimum absolute atomic E-state index is 0. The zero-order chi connectivity index (χ0) is 22.7. The van der Waals surface area contributed by atoms with Crippen LogP contribution in [0.3, 0.4) is 0 Å². The molecular formula is C27H36ClN3O2. The maximum absolute atomic E-state index is 13.2. The number of halogens is 1. The number of aryl methyl sites for hydroxylation is 1. The van der Waals surface area contributed by atoms with Crippen molar-refractivity contribution in [1.82, 2.24) is 15.2 Å². The van der Waals surface area contributed by atoms with E-state index in [4.69, 9.17) is 0 Å². The molecule has 0 spiro atoms. The summed E-state index contributed by atoms with van der Waals surface area (Å²) in [5, 5.41) is 14.6. The van der Waals surface area contributed by atoms with Gasteiger partial charge in [0.05, 0.1) is 11.7 Å². The third-order valence-corrected chi connectivity index (χ3v) is 6.69. The van der Waals surface area contributed by atoms with Gasteiger partial charge in [0.15, 0.2) is 0 Å². The number of H-pyrrole nitrogens is 1. The molecule has 2 aromatic carbocycles. The predicted molar refractivity (Wildman–Crippen MR) is 137 cm³/mol. The Morgan fingerprint density at radius 2 is 1.85 bits per heavy atom. The monoisotopic (exact) mass is 469 g/mol. The number of aliphatic hydroxyl groups is 1. The molecule has 4 rings (SSSR count). The summed E-state index contributed by atoms with van der Waals surface area (Å²) in [7, 11) is 0. The molecule has 1 fully saturated rings. The summed E-state index contributed by atoms with van der Waals surface area (Å²) in [6, 6.07) is 16.7. The van der Waals surface area contributed by atoms with Gasteiger partial charge in [-0.05, 0) is 55.4 Å². The average molecular weight is 470 g/mol. The summed E-state index contributed by atoms with van der Waals surface area (Å²) in [6.07, 6.45) is 2.47. The number of benzene rings is 2. The first-order valence-corrected chi connectivity index (χ1v) is 11.8. The molecule has 33 heavy (non-hydrogen) atoms. The Morgan fingerprint density at radius 1 is 1.15 bits per heavy atom. The molecule has 2 heterocycles. The minimum Gasteiger partial charge on any atom is -0.388 e. The van der Waals surface area contributed by atoms with E-state index in [0.717, 1.165) is 61.1 Å². The minimum atomic E-state index is -0.536. The Labute approximate surface area is 203 Å². The highest BCUT2D eigenvalue weighted by Gasteiger charge is 2.24. The van der Waals surface area contributed by atoms with Gasteiger partial charge in [0, 0.05) is 42.3 Å². The van der Waals surface area contributed by atoms with E-state index in [1.165, 1.54) is 5.56 Å². The number of fused-ring (bicyclic) bond motifs is 1. The third-order valence-electron chi connectivity index (χ3n) is 6.69. The fourth-order valence-corrected chi connectivity index (χ4v) is 4.70. The van der Waals surface area contributed by atoms with Crippen LogP contribution in [0.15, 0.2) is 48.5 Å². The van der Waals surface area contributed by atoms with Crippen molar-refractivity contribution in [2.45, 2.75) is 52.2 Å². The van der Waals surface area contributed by atoms with Crippen LogP contribution in [-0.2, 0) is 6.42 Å². The average Bonchev–Trinajstić information content (AvgIpc) is 3.13. The van der Waals surface area contributed by atoms with Gasteiger partial charge < -0.3 is 20.3 Å². The molecule has 1 unspecified atom stereocenters. The number of carbonyl (C=O) groups excluding carboxylic acids is 1. The smallest absolute Gasteiger partial charge is 0.253 e. The van der Waals surface area contributed by atoms with Gasteiger partial charge in [0.2, 0.25) is 0 Å². The number of amides is 1. The fourth-order valence-electron chi connectivity index (χ4n) is 4.70. The number of aromatic amines is 1. The van der Waals surface area contributed by atoms with E-state index in [9.17, 15) is 9.90 Å². The van der Waals surface area contributed by atoms with Crippen LogP contribution >= 0.6 is 12.4 Å². The number of rotatable bonds is 7. The lowest BCUT2D eigenvalue weighted by Crippen LogP contribution is -2.45. The van der Waals surface area contributed by atoms with Crippen LogP contribution < -0.4 is 5.32 Å². The SMILES string of the molecule is Cc1[nH]c2ccc(C(O)C(C)C)cc2c1C(=O)NC1CCN(CCc2ccccc2)CC1.Cl. The Balaban J connectivity index is 0.00000306. The molecule has 1 aliphatic heterocycles. The fraction of sp³-hybridized carbons (Fsp3) is 0.444. The maximum Gasteiger partial charge on any atom is 0.253 e. The molecule has 0 aliphatic carbocycles. The predicted octanol–water partition coefficient (Wildman–Crippen LogP) is 5.02. The Hall–Kier alpha value is -2.34.